The van der Waals surface area contributed by atoms with Crippen LogP contribution >= 0.6 is 0 Å². The summed E-state index contributed by atoms with van der Waals surface area (Å²) in [5.74, 6) is -0.356. The number of hydrogen-bond donors (Lipinski definition) is 1. The summed E-state index contributed by atoms with van der Waals surface area (Å²) >= 11 is 0. The van der Waals surface area contributed by atoms with Crippen LogP contribution in [-0.4, -0.2) is 20.7 Å². The number of nitrogens with zero attached hydrogens (tertiary/aromatic N) is 3. The van der Waals surface area contributed by atoms with Crippen LogP contribution in [0.4, 0.5) is 5.69 Å². The molecule has 6 heteroatoms. The molecule has 0 fully saturated rings. The molecule has 0 aliphatic carbocycles. The molecule has 2 aromatic heterocycles. The van der Waals surface area contributed by atoms with Crippen molar-refractivity contribution in [3.8, 4) is 0 Å². The van der Waals surface area contributed by atoms with Gasteiger partial charge in [-0.15, -0.1) is 0 Å². The van der Waals surface area contributed by atoms with Crippen LogP contribution in [0.25, 0.3) is 10.9 Å². The number of pyridine rings is 1. The van der Waals surface area contributed by atoms with Crippen molar-refractivity contribution in [2.75, 3.05) is 5.32 Å². The van der Waals surface area contributed by atoms with E-state index in [-0.39, 0.29) is 17.2 Å². The van der Waals surface area contributed by atoms with Gasteiger partial charge in [-0.05, 0) is 37.3 Å². The first kappa shape index (κ1) is 13.9. The third kappa shape index (κ3) is 2.71. The zero-order valence-corrected chi connectivity index (χ0v) is 12.0. The number of nitrogens with one attached hydrogen (secondary N) is 1. The molecule has 3 aromatic rings. The van der Waals surface area contributed by atoms with E-state index in [1.807, 2.05) is 24.3 Å². The fraction of sp³-hybridized carbons (Fsp3) is 0.125. The number of aryl methyl sites for hydroxylation is 1. The zero-order chi connectivity index (χ0) is 15.5. The number of anilines is 1. The van der Waals surface area contributed by atoms with Gasteiger partial charge in [0, 0.05) is 29.9 Å². The van der Waals surface area contributed by atoms with Crippen LogP contribution in [0.5, 0.6) is 0 Å². The van der Waals surface area contributed by atoms with E-state index in [0.29, 0.717) is 12.2 Å². The number of carbonyl (C=O) groups is 1. The first-order chi connectivity index (χ1) is 10.7. The summed E-state index contributed by atoms with van der Waals surface area (Å²) in [6, 6.07) is 12.0. The average molecular weight is 294 g/mol. The van der Waals surface area contributed by atoms with Gasteiger partial charge < -0.3 is 5.32 Å². The molecule has 1 N–H and O–H groups in total. The van der Waals surface area contributed by atoms with Crippen LogP contribution in [0.3, 0.4) is 0 Å². The van der Waals surface area contributed by atoms with E-state index in [9.17, 15) is 9.59 Å². The first-order valence-electron chi connectivity index (χ1n) is 6.91. The van der Waals surface area contributed by atoms with Gasteiger partial charge >= 0.3 is 0 Å². The number of carbonyl (C=O) groups excluding carboxylic acids is 1. The van der Waals surface area contributed by atoms with Gasteiger partial charge in [0.25, 0.3) is 11.5 Å². The van der Waals surface area contributed by atoms with Crippen molar-refractivity contribution in [3.05, 3.63) is 64.7 Å². The van der Waals surface area contributed by atoms with Crippen LogP contribution in [0.2, 0.25) is 0 Å². The number of rotatable bonds is 3. The highest BCUT2D eigenvalue weighted by Gasteiger charge is 2.10. The molecule has 3 rings (SSSR count). The largest absolute Gasteiger partial charge is 0.321 e. The van der Waals surface area contributed by atoms with Crippen molar-refractivity contribution in [1.29, 1.82) is 0 Å². The molecule has 110 valence electrons. The van der Waals surface area contributed by atoms with E-state index in [4.69, 9.17) is 0 Å². The molecule has 0 aliphatic rings. The molecule has 1 aromatic carbocycles. The summed E-state index contributed by atoms with van der Waals surface area (Å²) in [5.41, 5.74) is 1.49. The Morgan fingerprint density at radius 3 is 2.91 bits per heavy atom. The Balaban J connectivity index is 1.87. The van der Waals surface area contributed by atoms with Gasteiger partial charge in [-0.2, -0.15) is 5.10 Å². The van der Waals surface area contributed by atoms with E-state index >= 15 is 0 Å². The van der Waals surface area contributed by atoms with E-state index in [1.165, 1.54) is 16.8 Å². The lowest BCUT2D eigenvalue weighted by molar-refractivity contribution is 0.102. The summed E-state index contributed by atoms with van der Waals surface area (Å²) in [5, 5.41) is 7.74. The molecule has 0 atom stereocenters. The molecule has 0 saturated heterocycles. The molecule has 0 saturated carbocycles. The van der Waals surface area contributed by atoms with Gasteiger partial charge in [0.2, 0.25) is 0 Å². The Hall–Kier alpha value is -3.02. The Kier molecular flexibility index (Phi) is 3.65. The van der Waals surface area contributed by atoms with Gasteiger partial charge in [-0.1, -0.05) is 6.07 Å². The maximum absolute atomic E-state index is 12.2. The predicted octanol–water partition coefficient (Wildman–Crippen LogP) is 2.06. The normalized spacial score (nSPS) is 10.6. The van der Waals surface area contributed by atoms with Gasteiger partial charge in [0.15, 0.2) is 0 Å². The van der Waals surface area contributed by atoms with Gasteiger partial charge in [0.05, 0.1) is 5.52 Å². The van der Waals surface area contributed by atoms with Crippen LogP contribution < -0.4 is 10.9 Å². The second-order valence-corrected chi connectivity index (χ2v) is 4.74. The molecular weight excluding hydrogens is 280 g/mol. The minimum atomic E-state index is -0.356. The maximum Gasteiger partial charge on any atom is 0.276 e. The second kappa shape index (κ2) is 5.77. The molecule has 0 bridgehead atoms. The molecule has 6 nitrogen and oxygen atoms in total. The molecule has 0 aliphatic heterocycles. The number of fused-ring (bicyclic) bond motifs is 1. The van der Waals surface area contributed by atoms with Crippen molar-refractivity contribution >= 4 is 22.5 Å². The van der Waals surface area contributed by atoms with Crippen LogP contribution in [0.15, 0.2) is 53.5 Å². The van der Waals surface area contributed by atoms with E-state index in [0.717, 1.165) is 10.9 Å². The smallest absolute Gasteiger partial charge is 0.276 e. The fourth-order valence-corrected chi connectivity index (χ4v) is 2.15. The summed E-state index contributed by atoms with van der Waals surface area (Å²) in [6.07, 6.45) is 1.72. The highest BCUT2D eigenvalue weighted by atomic mass is 16.2. The quantitative estimate of drug-likeness (QED) is 0.802. The minimum absolute atomic E-state index is 0.202. The summed E-state index contributed by atoms with van der Waals surface area (Å²) in [7, 11) is 0. The molecular formula is C16H14N4O2. The van der Waals surface area contributed by atoms with Crippen molar-refractivity contribution in [2.24, 2.45) is 0 Å². The van der Waals surface area contributed by atoms with E-state index in [1.54, 1.807) is 19.2 Å². The molecule has 22 heavy (non-hydrogen) atoms. The lowest BCUT2D eigenvalue weighted by Crippen LogP contribution is -2.25. The van der Waals surface area contributed by atoms with Crippen molar-refractivity contribution in [3.63, 3.8) is 0 Å². The Morgan fingerprint density at radius 1 is 1.23 bits per heavy atom. The Morgan fingerprint density at radius 2 is 2.09 bits per heavy atom. The zero-order valence-electron chi connectivity index (χ0n) is 12.0. The lowest BCUT2D eigenvalue weighted by atomic mass is 10.2. The third-order valence-corrected chi connectivity index (χ3v) is 3.26. The molecule has 1 amide bonds. The molecule has 0 spiro atoms. The van der Waals surface area contributed by atoms with E-state index in [2.05, 4.69) is 15.4 Å². The number of benzene rings is 1. The van der Waals surface area contributed by atoms with Crippen LogP contribution in [0, 0.1) is 0 Å². The van der Waals surface area contributed by atoms with Crippen molar-refractivity contribution in [1.82, 2.24) is 14.8 Å². The van der Waals surface area contributed by atoms with Gasteiger partial charge in [-0.25, -0.2) is 4.68 Å². The first-order valence-corrected chi connectivity index (χ1v) is 6.91. The topological polar surface area (TPSA) is 76.9 Å². The highest BCUT2D eigenvalue weighted by Crippen LogP contribution is 2.17. The van der Waals surface area contributed by atoms with Crippen molar-refractivity contribution in [2.45, 2.75) is 13.5 Å². The highest BCUT2D eigenvalue weighted by molar-refractivity contribution is 6.03. The van der Waals surface area contributed by atoms with E-state index < -0.39 is 0 Å². The molecule has 0 unspecified atom stereocenters. The van der Waals surface area contributed by atoms with Crippen molar-refractivity contribution < 1.29 is 4.79 Å². The fourth-order valence-electron chi connectivity index (χ4n) is 2.15. The van der Waals surface area contributed by atoms with Crippen LogP contribution in [-0.2, 0) is 6.54 Å². The maximum atomic E-state index is 12.2. The second-order valence-electron chi connectivity index (χ2n) is 4.74. The average Bonchev–Trinajstić information content (AvgIpc) is 2.55. The number of hydrogen-bond acceptors (Lipinski definition) is 4. The predicted molar refractivity (Wildman–Crippen MR) is 83.9 cm³/mol. The minimum Gasteiger partial charge on any atom is -0.321 e. The van der Waals surface area contributed by atoms with Crippen LogP contribution in [0.1, 0.15) is 17.4 Å². The molecule has 2 heterocycles. The Labute approximate surface area is 126 Å². The van der Waals surface area contributed by atoms with Gasteiger partial charge in [0.1, 0.15) is 5.69 Å². The number of amides is 1. The lowest BCUT2D eigenvalue weighted by Gasteiger charge is -2.07. The van der Waals surface area contributed by atoms with Gasteiger partial charge in [-0.3, -0.25) is 14.6 Å². The molecule has 0 radical (unpaired) electrons. The summed E-state index contributed by atoms with van der Waals surface area (Å²) in [4.78, 5) is 27.9. The number of aromatic nitrogens is 3. The summed E-state index contributed by atoms with van der Waals surface area (Å²) in [6.45, 7) is 2.22. The third-order valence-electron chi connectivity index (χ3n) is 3.26. The standard InChI is InChI=1S/C16H14N4O2/c1-2-20-15(21)8-7-14(19-20)16(22)18-12-5-6-13-11(10-12)4-3-9-17-13/h3-10H,2H2,1H3,(H,18,22). The monoisotopic (exact) mass is 294 g/mol. The Bertz CT molecular complexity index is 902. The summed E-state index contributed by atoms with van der Waals surface area (Å²) < 4.78 is 1.25. The SMILES string of the molecule is CCn1nc(C(=O)Nc2ccc3ncccc3c2)ccc1=O.